The Balaban J connectivity index is 2.92. The standard InChI is InChI=1S/C10H14F3N5O2/c1-17(2)8(19)4-18(5-10(11,12)13)9(20)6-3-7(14)16-15-6/h3H,4-5H2,1-2H3,(H3,14,15,16). The number of nitrogens with two attached hydrogens (primary N) is 1. The molecule has 20 heavy (non-hydrogen) atoms. The topological polar surface area (TPSA) is 95.3 Å². The molecule has 1 aromatic rings. The summed E-state index contributed by atoms with van der Waals surface area (Å²) < 4.78 is 37.4. The number of amides is 2. The number of nitrogens with zero attached hydrogens (tertiary/aromatic N) is 3. The normalized spacial score (nSPS) is 11.2. The van der Waals surface area contributed by atoms with E-state index in [2.05, 4.69) is 10.2 Å². The molecule has 0 unspecified atom stereocenters. The highest BCUT2D eigenvalue weighted by Crippen LogP contribution is 2.18. The Labute approximate surface area is 112 Å². The maximum absolute atomic E-state index is 12.5. The first-order chi connectivity index (χ1) is 9.10. The molecule has 0 aliphatic carbocycles. The van der Waals surface area contributed by atoms with Gasteiger partial charge in [-0.25, -0.2) is 0 Å². The molecule has 0 fully saturated rings. The number of anilines is 1. The second-order valence-corrected chi connectivity index (χ2v) is 4.27. The van der Waals surface area contributed by atoms with Crippen LogP contribution in [0.25, 0.3) is 0 Å². The molecule has 1 aromatic heterocycles. The van der Waals surface area contributed by atoms with Gasteiger partial charge in [0.05, 0.1) is 0 Å². The third-order valence-electron chi connectivity index (χ3n) is 2.31. The fourth-order valence-corrected chi connectivity index (χ4v) is 1.34. The summed E-state index contributed by atoms with van der Waals surface area (Å²) in [5.74, 6) is -1.66. The van der Waals surface area contributed by atoms with Gasteiger partial charge < -0.3 is 15.5 Å². The van der Waals surface area contributed by atoms with Crippen molar-refractivity contribution >= 4 is 17.6 Å². The van der Waals surface area contributed by atoms with E-state index < -0.39 is 31.1 Å². The lowest BCUT2D eigenvalue weighted by molar-refractivity contribution is -0.146. The number of carbonyl (C=O) groups is 2. The number of aromatic nitrogens is 2. The van der Waals surface area contributed by atoms with Crippen LogP contribution in [0.2, 0.25) is 0 Å². The molecule has 0 aliphatic heterocycles. The van der Waals surface area contributed by atoms with Crippen LogP contribution in [0.3, 0.4) is 0 Å². The number of rotatable bonds is 4. The Morgan fingerprint density at radius 2 is 2.00 bits per heavy atom. The zero-order valence-corrected chi connectivity index (χ0v) is 10.9. The number of likely N-dealkylation sites (N-methyl/N-ethyl adjacent to an activating group) is 1. The number of hydrogen-bond donors (Lipinski definition) is 2. The van der Waals surface area contributed by atoms with E-state index in [1.54, 1.807) is 0 Å². The van der Waals surface area contributed by atoms with Gasteiger partial charge in [-0.15, -0.1) is 0 Å². The van der Waals surface area contributed by atoms with Gasteiger partial charge in [0.1, 0.15) is 24.6 Å². The molecule has 112 valence electrons. The van der Waals surface area contributed by atoms with Crippen LogP contribution < -0.4 is 5.73 Å². The van der Waals surface area contributed by atoms with E-state index in [1.807, 2.05) is 0 Å². The number of H-pyrrole nitrogens is 1. The molecule has 0 saturated carbocycles. The van der Waals surface area contributed by atoms with Crippen molar-refractivity contribution in [2.75, 3.05) is 32.9 Å². The third-order valence-corrected chi connectivity index (χ3v) is 2.31. The lowest BCUT2D eigenvalue weighted by Crippen LogP contribution is -2.45. The van der Waals surface area contributed by atoms with Crippen LogP contribution in [0.4, 0.5) is 19.0 Å². The van der Waals surface area contributed by atoms with Crippen LogP contribution in [-0.2, 0) is 4.79 Å². The summed E-state index contributed by atoms with van der Waals surface area (Å²) in [7, 11) is 2.76. The van der Waals surface area contributed by atoms with Crippen molar-refractivity contribution in [3.05, 3.63) is 11.8 Å². The Hall–Kier alpha value is -2.26. The average molecular weight is 293 g/mol. The van der Waals surface area contributed by atoms with Gasteiger partial charge in [-0.3, -0.25) is 14.7 Å². The van der Waals surface area contributed by atoms with Gasteiger partial charge in [-0.05, 0) is 0 Å². The smallest absolute Gasteiger partial charge is 0.382 e. The summed E-state index contributed by atoms with van der Waals surface area (Å²) in [6.07, 6.45) is -4.62. The molecular formula is C10H14F3N5O2. The van der Waals surface area contributed by atoms with Crippen molar-refractivity contribution in [1.29, 1.82) is 0 Å². The predicted molar refractivity (Wildman–Crippen MR) is 63.7 cm³/mol. The van der Waals surface area contributed by atoms with Gasteiger partial charge in [-0.2, -0.15) is 18.3 Å². The molecule has 0 bridgehead atoms. The molecule has 0 radical (unpaired) electrons. The number of nitrogens with one attached hydrogen (secondary N) is 1. The maximum Gasteiger partial charge on any atom is 0.406 e. The molecule has 0 aliphatic rings. The van der Waals surface area contributed by atoms with Gasteiger partial charge >= 0.3 is 6.18 Å². The lowest BCUT2D eigenvalue weighted by Gasteiger charge is -2.24. The van der Waals surface area contributed by atoms with E-state index in [-0.39, 0.29) is 11.5 Å². The molecular weight excluding hydrogens is 279 g/mol. The molecule has 3 N–H and O–H groups in total. The minimum Gasteiger partial charge on any atom is -0.382 e. The second-order valence-electron chi connectivity index (χ2n) is 4.27. The maximum atomic E-state index is 12.5. The highest BCUT2D eigenvalue weighted by molar-refractivity contribution is 5.95. The third kappa shape index (κ3) is 4.44. The van der Waals surface area contributed by atoms with E-state index in [1.165, 1.54) is 14.1 Å². The van der Waals surface area contributed by atoms with Crippen LogP contribution in [-0.4, -0.2) is 65.2 Å². The summed E-state index contributed by atoms with van der Waals surface area (Å²) in [6, 6.07) is 1.10. The molecule has 0 atom stereocenters. The summed E-state index contributed by atoms with van der Waals surface area (Å²) >= 11 is 0. The summed E-state index contributed by atoms with van der Waals surface area (Å²) in [4.78, 5) is 24.9. The van der Waals surface area contributed by atoms with Crippen molar-refractivity contribution in [3.63, 3.8) is 0 Å². The molecule has 1 heterocycles. The Bertz CT molecular complexity index is 497. The predicted octanol–water partition coefficient (Wildman–Crippen LogP) is 0.0846. The highest BCUT2D eigenvalue weighted by Gasteiger charge is 2.35. The Morgan fingerprint density at radius 3 is 2.40 bits per heavy atom. The zero-order chi connectivity index (χ0) is 15.5. The molecule has 0 spiro atoms. The van der Waals surface area contributed by atoms with Gasteiger partial charge in [0, 0.05) is 20.2 Å². The van der Waals surface area contributed by atoms with Crippen molar-refractivity contribution in [2.24, 2.45) is 0 Å². The van der Waals surface area contributed by atoms with E-state index in [0.29, 0.717) is 4.90 Å². The molecule has 10 heteroatoms. The number of halogens is 3. The summed E-state index contributed by atoms with van der Waals surface area (Å²) in [6.45, 7) is -2.23. The first-order valence-electron chi connectivity index (χ1n) is 5.47. The van der Waals surface area contributed by atoms with Gasteiger partial charge in [0.25, 0.3) is 5.91 Å². The van der Waals surface area contributed by atoms with Crippen LogP contribution in [0.1, 0.15) is 10.5 Å². The molecule has 2 amide bonds. The highest BCUT2D eigenvalue weighted by atomic mass is 19.4. The van der Waals surface area contributed by atoms with Crippen molar-refractivity contribution in [2.45, 2.75) is 6.18 Å². The Morgan fingerprint density at radius 1 is 1.40 bits per heavy atom. The van der Waals surface area contributed by atoms with Gasteiger partial charge in [0.15, 0.2) is 0 Å². The van der Waals surface area contributed by atoms with Crippen LogP contribution in [0.15, 0.2) is 6.07 Å². The lowest BCUT2D eigenvalue weighted by atomic mass is 10.3. The minimum atomic E-state index is -4.62. The average Bonchev–Trinajstić information content (AvgIpc) is 2.72. The van der Waals surface area contributed by atoms with Crippen molar-refractivity contribution < 1.29 is 22.8 Å². The molecule has 0 aromatic carbocycles. The second kappa shape index (κ2) is 5.80. The number of carbonyl (C=O) groups excluding carboxylic acids is 2. The van der Waals surface area contributed by atoms with E-state index in [4.69, 9.17) is 5.73 Å². The molecule has 7 nitrogen and oxygen atoms in total. The molecule has 0 saturated heterocycles. The number of alkyl halides is 3. The van der Waals surface area contributed by atoms with Crippen LogP contribution in [0.5, 0.6) is 0 Å². The van der Waals surface area contributed by atoms with Gasteiger partial charge in [0.2, 0.25) is 5.91 Å². The SMILES string of the molecule is CN(C)C(=O)CN(CC(F)(F)F)C(=O)c1cc(N)n[nH]1. The monoisotopic (exact) mass is 293 g/mol. The number of nitrogen functional groups attached to an aromatic ring is 1. The first kappa shape index (κ1) is 15.8. The number of hydrogen-bond acceptors (Lipinski definition) is 4. The van der Waals surface area contributed by atoms with E-state index >= 15 is 0 Å². The van der Waals surface area contributed by atoms with Crippen molar-refractivity contribution in [1.82, 2.24) is 20.0 Å². The number of aromatic amines is 1. The zero-order valence-electron chi connectivity index (χ0n) is 10.9. The van der Waals surface area contributed by atoms with E-state index in [0.717, 1.165) is 11.0 Å². The summed E-state index contributed by atoms with van der Waals surface area (Å²) in [5.41, 5.74) is 5.07. The molecule has 1 rings (SSSR count). The quantitative estimate of drug-likeness (QED) is 0.822. The summed E-state index contributed by atoms with van der Waals surface area (Å²) in [5, 5.41) is 5.67. The van der Waals surface area contributed by atoms with Crippen molar-refractivity contribution in [3.8, 4) is 0 Å². The fourth-order valence-electron chi connectivity index (χ4n) is 1.34. The van der Waals surface area contributed by atoms with Crippen LogP contribution >= 0.6 is 0 Å². The van der Waals surface area contributed by atoms with E-state index in [9.17, 15) is 22.8 Å². The fraction of sp³-hybridized carbons (Fsp3) is 0.500. The minimum absolute atomic E-state index is 0.0285. The van der Waals surface area contributed by atoms with Gasteiger partial charge in [-0.1, -0.05) is 0 Å². The Kier molecular flexibility index (Phi) is 4.58. The first-order valence-corrected chi connectivity index (χ1v) is 5.47. The largest absolute Gasteiger partial charge is 0.406 e. The van der Waals surface area contributed by atoms with Crippen LogP contribution in [0, 0.1) is 0 Å².